The van der Waals surface area contributed by atoms with Gasteiger partial charge in [0, 0.05) is 25.2 Å². The van der Waals surface area contributed by atoms with E-state index >= 15 is 0 Å². The number of nitrogens with zero attached hydrogens (tertiary/aromatic N) is 2. The monoisotopic (exact) mass is 277 g/mol. The Labute approximate surface area is 118 Å². The molecule has 0 saturated carbocycles. The van der Waals surface area contributed by atoms with Crippen LogP contribution in [0.3, 0.4) is 0 Å². The predicted octanol–water partition coefficient (Wildman–Crippen LogP) is 2.85. The number of anilines is 1. The van der Waals surface area contributed by atoms with Crippen LogP contribution in [-0.2, 0) is 0 Å². The van der Waals surface area contributed by atoms with Crippen LogP contribution in [0.25, 0.3) is 0 Å². The summed E-state index contributed by atoms with van der Waals surface area (Å²) < 4.78 is 4.90. The van der Waals surface area contributed by atoms with Crippen molar-refractivity contribution in [2.24, 2.45) is 0 Å². The van der Waals surface area contributed by atoms with Gasteiger partial charge in [0.05, 0.1) is 16.9 Å². The van der Waals surface area contributed by atoms with Gasteiger partial charge in [-0.3, -0.25) is 10.1 Å². The highest BCUT2D eigenvalue weighted by Gasteiger charge is 1.98. The number of para-hydroxylation sites is 1. The molecule has 1 N–H and O–H groups in total. The van der Waals surface area contributed by atoms with Crippen LogP contribution in [0.15, 0.2) is 53.3 Å². The lowest BCUT2D eigenvalue weighted by Gasteiger charge is -2.09. The van der Waals surface area contributed by atoms with E-state index < -0.39 is 4.92 Å². The van der Waals surface area contributed by atoms with E-state index in [9.17, 15) is 10.1 Å². The average Bonchev–Trinajstić information content (AvgIpc) is 2.93. The molecule has 2 aromatic rings. The van der Waals surface area contributed by atoms with Crippen LogP contribution in [0.5, 0.6) is 0 Å². The zero-order valence-corrected chi connectivity index (χ0v) is 11.7. The predicted molar refractivity (Wildman–Crippen MR) is 78.8 cm³/mol. The van der Waals surface area contributed by atoms with Crippen molar-refractivity contribution in [1.29, 1.82) is 0 Å². The Morgan fingerprint density at radius 2 is 1.95 bits per heavy atom. The average molecular weight is 277 g/mol. The number of rotatable bonds is 5. The molecule has 0 spiro atoms. The van der Waals surface area contributed by atoms with Crippen LogP contribution in [0.2, 0.25) is 0 Å². The number of hydrogen-bond acceptors (Lipinski definition) is 5. The van der Waals surface area contributed by atoms with Crippen LogP contribution < -0.4 is 5.32 Å². The molecular formula is C14H19N3O3. The Balaban J connectivity index is 0.000000204. The Morgan fingerprint density at radius 3 is 2.40 bits per heavy atom. The molecule has 0 radical (unpaired) electrons. The molecule has 6 nitrogen and oxygen atoms in total. The Kier molecular flexibility index (Phi) is 6.84. The van der Waals surface area contributed by atoms with E-state index in [0.29, 0.717) is 0 Å². The first-order valence-electron chi connectivity index (χ1n) is 6.20. The second-order valence-electron chi connectivity index (χ2n) is 4.33. The molecule has 0 saturated heterocycles. The van der Waals surface area contributed by atoms with E-state index in [1.54, 1.807) is 30.7 Å². The molecule has 0 unspecified atom stereocenters. The van der Waals surface area contributed by atoms with Crippen molar-refractivity contribution >= 4 is 11.4 Å². The number of furan rings is 1. The minimum absolute atomic E-state index is 0.137. The second kappa shape index (κ2) is 8.71. The molecule has 20 heavy (non-hydrogen) atoms. The highest BCUT2D eigenvalue weighted by atomic mass is 16.6. The number of nitro benzene ring substituents is 1. The van der Waals surface area contributed by atoms with Crippen molar-refractivity contribution in [3.8, 4) is 0 Å². The van der Waals surface area contributed by atoms with Gasteiger partial charge in [-0.25, -0.2) is 0 Å². The quantitative estimate of drug-likeness (QED) is 0.672. The zero-order chi connectivity index (χ0) is 14.8. The summed E-state index contributed by atoms with van der Waals surface area (Å²) in [6, 6.07) is 9.85. The molecular weight excluding hydrogens is 258 g/mol. The van der Waals surface area contributed by atoms with Gasteiger partial charge in [0.25, 0.3) is 5.69 Å². The first-order chi connectivity index (χ1) is 9.59. The maximum atomic E-state index is 10.0. The maximum Gasteiger partial charge on any atom is 0.269 e. The summed E-state index contributed by atoms with van der Waals surface area (Å²) in [5, 5.41) is 13.2. The van der Waals surface area contributed by atoms with Gasteiger partial charge in [0.2, 0.25) is 0 Å². The first kappa shape index (κ1) is 15.7. The van der Waals surface area contributed by atoms with Crippen molar-refractivity contribution < 1.29 is 9.34 Å². The second-order valence-corrected chi connectivity index (χ2v) is 4.33. The van der Waals surface area contributed by atoms with Crippen molar-refractivity contribution in [1.82, 2.24) is 4.90 Å². The van der Waals surface area contributed by atoms with E-state index in [-0.39, 0.29) is 5.69 Å². The zero-order valence-electron chi connectivity index (χ0n) is 11.7. The topological polar surface area (TPSA) is 71.5 Å². The molecule has 1 aromatic heterocycles. The van der Waals surface area contributed by atoms with Gasteiger partial charge in [0.1, 0.15) is 6.26 Å². The van der Waals surface area contributed by atoms with Gasteiger partial charge >= 0.3 is 0 Å². The molecule has 1 heterocycles. The summed E-state index contributed by atoms with van der Waals surface area (Å²) in [6.45, 7) is 1.98. The maximum absolute atomic E-state index is 10.0. The molecule has 0 atom stereocenters. The molecule has 108 valence electrons. The van der Waals surface area contributed by atoms with Crippen LogP contribution in [-0.4, -0.2) is 37.0 Å². The highest BCUT2D eigenvalue weighted by Crippen LogP contribution is 2.07. The van der Waals surface area contributed by atoms with Crippen LogP contribution in [0.4, 0.5) is 11.4 Å². The number of nitro groups is 1. The summed E-state index contributed by atoms with van der Waals surface area (Å²) in [5.41, 5.74) is 1.18. The van der Waals surface area contributed by atoms with Gasteiger partial charge in [-0.05, 0) is 20.2 Å². The van der Waals surface area contributed by atoms with E-state index in [1.165, 1.54) is 12.1 Å². The summed E-state index contributed by atoms with van der Waals surface area (Å²) in [5.74, 6) is 0. The fraction of sp³-hybridized carbons (Fsp3) is 0.286. The molecule has 0 fully saturated rings. The normalized spacial score (nSPS) is 9.75. The van der Waals surface area contributed by atoms with E-state index in [2.05, 4.69) is 24.3 Å². The largest absolute Gasteiger partial charge is 0.470 e. The van der Waals surface area contributed by atoms with Crippen molar-refractivity contribution in [2.75, 3.05) is 32.5 Å². The van der Waals surface area contributed by atoms with Crippen molar-refractivity contribution in [2.45, 2.75) is 0 Å². The van der Waals surface area contributed by atoms with Crippen molar-refractivity contribution in [3.05, 3.63) is 59.0 Å². The van der Waals surface area contributed by atoms with Gasteiger partial charge < -0.3 is 14.6 Å². The molecule has 2 rings (SSSR count). The smallest absolute Gasteiger partial charge is 0.269 e. The van der Waals surface area contributed by atoms with Crippen LogP contribution in [0.1, 0.15) is 0 Å². The van der Waals surface area contributed by atoms with Gasteiger partial charge in [0.15, 0.2) is 0 Å². The minimum Gasteiger partial charge on any atom is -0.470 e. The lowest BCUT2D eigenvalue weighted by Crippen LogP contribution is -2.20. The van der Waals surface area contributed by atoms with E-state index in [4.69, 9.17) is 4.42 Å². The SMILES string of the molecule is CN(C)CCNc1ccoc1.O=[N+]([O-])c1ccccc1. The number of nitrogens with one attached hydrogen (secondary N) is 1. The molecule has 0 aliphatic heterocycles. The number of hydrogen-bond donors (Lipinski definition) is 1. The van der Waals surface area contributed by atoms with Gasteiger partial charge in [-0.2, -0.15) is 0 Å². The number of non-ortho nitro benzene ring substituents is 1. The molecule has 6 heteroatoms. The molecule has 0 aliphatic rings. The van der Waals surface area contributed by atoms with Crippen molar-refractivity contribution in [3.63, 3.8) is 0 Å². The summed E-state index contributed by atoms with van der Waals surface area (Å²) in [4.78, 5) is 11.7. The van der Waals surface area contributed by atoms with Crippen LogP contribution >= 0.6 is 0 Å². The number of benzene rings is 1. The lowest BCUT2D eigenvalue weighted by atomic mass is 10.3. The highest BCUT2D eigenvalue weighted by molar-refractivity contribution is 5.38. The summed E-state index contributed by atoms with van der Waals surface area (Å²) in [6.07, 6.45) is 3.37. The number of likely N-dealkylation sites (N-methyl/N-ethyl adjacent to an activating group) is 1. The van der Waals surface area contributed by atoms with Crippen LogP contribution in [0, 0.1) is 10.1 Å². The minimum atomic E-state index is -0.417. The Hall–Kier alpha value is -2.34. The third kappa shape index (κ3) is 6.55. The summed E-state index contributed by atoms with van der Waals surface area (Å²) >= 11 is 0. The Morgan fingerprint density at radius 1 is 1.25 bits per heavy atom. The molecule has 0 aliphatic carbocycles. The van der Waals surface area contributed by atoms with Gasteiger partial charge in [-0.15, -0.1) is 0 Å². The third-order valence-electron chi connectivity index (χ3n) is 2.38. The first-order valence-corrected chi connectivity index (χ1v) is 6.20. The molecule has 0 bridgehead atoms. The Bertz CT molecular complexity index is 484. The van der Waals surface area contributed by atoms with Gasteiger partial charge in [-0.1, -0.05) is 18.2 Å². The molecule has 0 amide bonds. The standard InChI is InChI=1S/C8H14N2O.C6H5NO2/c1-10(2)5-4-9-8-3-6-11-7-8;8-7(9)6-4-2-1-3-5-6/h3,6-7,9H,4-5H2,1-2H3;1-5H. The van der Waals surface area contributed by atoms with E-state index in [0.717, 1.165) is 18.8 Å². The molecule has 1 aromatic carbocycles. The fourth-order valence-corrected chi connectivity index (χ4v) is 1.34. The third-order valence-corrected chi connectivity index (χ3v) is 2.38. The van der Waals surface area contributed by atoms with E-state index in [1.807, 2.05) is 6.07 Å². The fourth-order valence-electron chi connectivity index (χ4n) is 1.34. The summed E-state index contributed by atoms with van der Waals surface area (Å²) in [7, 11) is 4.11. The lowest BCUT2D eigenvalue weighted by molar-refractivity contribution is -0.384.